The van der Waals surface area contributed by atoms with Crippen LogP contribution >= 0.6 is 0 Å². The lowest BCUT2D eigenvalue weighted by Gasteiger charge is -2.12. The monoisotopic (exact) mass is 456 g/mol. The van der Waals surface area contributed by atoms with E-state index in [9.17, 15) is 8.78 Å². The van der Waals surface area contributed by atoms with Crippen LogP contribution in [0.4, 0.5) is 8.78 Å². The van der Waals surface area contributed by atoms with E-state index in [0.717, 1.165) is 24.8 Å². The van der Waals surface area contributed by atoms with Gasteiger partial charge in [0.05, 0.1) is 6.61 Å². The van der Waals surface area contributed by atoms with Gasteiger partial charge in [-0.25, -0.2) is 8.78 Å². The number of halogens is 2. The van der Waals surface area contributed by atoms with Crippen molar-refractivity contribution < 1.29 is 13.5 Å². The van der Waals surface area contributed by atoms with E-state index in [2.05, 4.69) is 61.5 Å². The predicted molar refractivity (Wildman–Crippen MR) is 135 cm³/mol. The topological polar surface area (TPSA) is 9.23 Å². The van der Waals surface area contributed by atoms with Gasteiger partial charge < -0.3 is 4.74 Å². The second-order valence-corrected chi connectivity index (χ2v) is 8.73. The van der Waals surface area contributed by atoms with E-state index in [4.69, 9.17) is 4.74 Å². The van der Waals surface area contributed by atoms with Gasteiger partial charge in [0.2, 0.25) is 0 Å². The summed E-state index contributed by atoms with van der Waals surface area (Å²) in [4.78, 5) is 0. The molecule has 0 fully saturated rings. The summed E-state index contributed by atoms with van der Waals surface area (Å²) in [5, 5.41) is 0. The molecule has 0 aromatic heterocycles. The van der Waals surface area contributed by atoms with Gasteiger partial charge in [-0.1, -0.05) is 85.8 Å². The van der Waals surface area contributed by atoms with Crippen LogP contribution in [0.5, 0.6) is 5.75 Å². The summed E-state index contributed by atoms with van der Waals surface area (Å²) in [5.41, 5.74) is 6.49. The number of hydrogen-bond donors (Lipinski definition) is 0. The Morgan fingerprint density at radius 3 is 1.76 bits per heavy atom. The van der Waals surface area contributed by atoms with Crippen LogP contribution in [0.25, 0.3) is 11.1 Å². The minimum Gasteiger partial charge on any atom is -0.488 e. The molecule has 0 unspecified atom stereocenters. The van der Waals surface area contributed by atoms with Crippen LogP contribution < -0.4 is 4.74 Å². The minimum absolute atomic E-state index is 0.220. The van der Waals surface area contributed by atoms with Crippen molar-refractivity contribution in [2.24, 2.45) is 0 Å². The van der Waals surface area contributed by atoms with Gasteiger partial charge in [-0.15, -0.1) is 0 Å². The zero-order chi connectivity index (χ0) is 23.9. The SMILES string of the molecule is CCOc1c(F)cc(-c2ccc(CCc3ccc(C[C@@H](C)c4ccccc4)cc3)cc2)cc1F. The maximum atomic E-state index is 14.2. The van der Waals surface area contributed by atoms with E-state index in [0.29, 0.717) is 11.5 Å². The lowest BCUT2D eigenvalue weighted by molar-refractivity contribution is 0.303. The molecule has 4 aromatic rings. The molecule has 0 saturated heterocycles. The van der Waals surface area contributed by atoms with Crippen molar-refractivity contribution in [1.82, 2.24) is 0 Å². The predicted octanol–water partition coefficient (Wildman–Crippen LogP) is 8.16. The molecule has 0 aliphatic carbocycles. The molecule has 3 heteroatoms. The van der Waals surface area contributed by atoms with Crippen molar-refractivity contribution in [1.29, 1.82) is 0 Å². The molecule has 1 atom stereocenters. The smallest absolute Gasteiger partial charge is 0.190 e. The van der Waals surface area contributed by atoms with E-state index in [1.807, 2.05) is 24.3 Å². The van der Waals surface area contributed by atoms with Gasteiger partial charge in [-0.05, 0) is 77.6 Å². The van der Waals surface area contributed by atoms with Gasteiger partial charge in [-0.2, -0.15) is 0 Å². The first kappa shape index (κ1) is 23.7. The molecular weight excluding hydrogens is 426 g/mol. The van der Waals surface area contributed by atoms with Gasteiger partial charge in [0.15, 0.2) is 17.4 Å². The Kier molecular flexibility index (Phi) is 7.74. The number of ether oxygens (including phenoxy) is 1. The summed E-state index contributed by atoms with van der Waals surface area (Å²) in [6.45, 7) is 4.19. The summed E-state index contributed by atoms with van der Waals surface area (Å²) in [6.07, 6.45) is 2.88. The normalized spacial score (nSPS) is 11.9. The highest BCUT2D eigenvalue weighted by Crippen LogP contribution is 2.29. The molecule has 0 N–H and O–H groups in total. The first-order valence-corrected chi connectivity index (χ1v) is 11.9. The number of hydrogen-bond acceptors (Lipinski definition) is 1. The molecule has 0 aliphatic rings. The molecule has 0 spiro atoms. The first-order chi connectivity index (χ1) is 16.5. The fourth-order valence-corrected chi connectivity index (χ4v) is 4.26. The third kappa shape index (κ3) is 5.91. The largest absolute Gasteiger partial charge is 0.488 e. The van der Waals surface area contributed by atoms with Crippen LogP contribution in [-0.2, 0) is 19.3 Å². The van der Waals surface area contributed by atoms with Crippen LogP contribution in [0.2, 0.25) is 0 Å². The van der Waals surface area contributed by atoms with Crippen molar-refractivity contribution in [3.05, 3.63) is 125 Å². The third-order valence-electron chi connectivity index (χ3n) is 6.21. The molecule has 0 saturated carbocycles. The average Bonchev–Trinajstić information content (AvgIpc) is 2.86. The van der Waals surface area contributed by atoms with Crippen molar-refractivity contribution in [2.75, 3.05) is 6.61 Å². The van der Waals surface area contributed by atoms with Crippen molar-refractivity contribution in [3.8, 4) is 16.9 Å². The fraction of sp³-hybridized carbons (Fsp3) is 0.226. The Labute approximate surface area is 201 Å². The maximum Gasteiger partial charge on any atom is 0.190 e. The molecule has 0 heterocycles. The van der Waals surface area contributed by atoms with Crippen LogP contribution in [0, 0.1) is 11.6 Å². The van der Waals surface area contributed by atoms with Crippen LogP contribution in [-0.4, -0.2) is 6.61 Å². The van der Waals surface area contributed by atoms with Gasteiger partial charge in [0.1, 0.15) is 0 Å². The summed E-state index contributed by atoms with van der Waals surface area (Å²) in [7, 11) is 0. The van der Waals surface area contributed by atoms with E-state index in [-0.39, 0.29) is 12.4 Å². The Morgan fingerprint density at radius 2 is 1.21 bits per heavy atom. The molecule has 0 radical (unpaired) electrons. The molecule has 0 bridgehead atoms. The molecular formula is C31H30F2O. The summed E-state index contributed by atoms with van der Waals surface area (Å²) < 4.78 is 33.4. The standard InChI is InChI=1S/C31H30F2O/c1-3-34-31-29(32)20-28(21-30(31)33)27-17-15-24(16-18-27)10-9-23-11-13-25(14-12-23)19-22(2)26-7-5-4-6-8-26/h4-8,11-18,20-22H,3,9-10,19H2,1-2H3/t22-/m1/s1. The van der Waals surface area contributed by atoms with Gasteiger partial charge in [0, 0.05) is 0 Å². The highest BCUT2D eigenvalue weighted by Gasteiger charge is 2.13. The Hall–Kier alpha value is -3.46. The van der Waals surface area contributed by atoms with E-state index in [1.165, 1.54) is 34.4 Å². The van der Waals surface area contributed by atoms with E-state index >= 15 is 0 Å². The van der Waals surface area contributed by atoms with E-state index in [1.54, 1.807) is 6.92 Å². The lowest BCUT2D eigenvalue weighted by Crippen LogP contribution is -1.99. The highest BCUT2D eigenvalue weighted by molar-refractivity contribution is 5.65. The second kappa shape index (κ2) is 11.1. The molecule has 0 amide bonds. The number of aryl methyl sites for hydroxylation is 2. The maximum absolute atomic E-state index is 14.2. The summed E-state index contributed by atoms with van der Waals surface area (Å²) in [6, 6.07) is 30.0. The van der Waals surface area contributed by atoms with Crippen molar-refractivity contribution in [3.63, 3.8) is 0 Å². The molecule has 4 rings (SSSR count). The first-order valence-electron chi connectivity index (χ1n) is 11.9. The highest BCUT2D eigenvalue weighted by atomic mass is 19.1. The molecule has 34 heavy (non-hydrogen) atoms. The number of benzene rings is 4. The quantitative estimate of drug-likeness (QED) is 0.247. The lowest BCUT2D eigenvalue weighted by atomic mass is 9.93. The number of rotatable bonds is 9. The Morgan fingerprint density at radius 1 is 0.676 bits per heavy atom. The molecule has 0 aliphatic heterocycles. The fourth-order valence-electron chi connectivity index (χ4n) is 4.26. The van der Waals surface area contributed by atoms with Gasteiger partial charge in [-0.3, -0.25) is 0 Å². The zero-order valence-corrected chi connectivity index (χ0v) is 19.7. The van der Waals surface area contributed by atoms with Crippen molar-refractivity contribution in [2.45, 2.75) is 39.0 Å². The Bertz CT molecular complexity index is 1180. The third-order valence-corrected chi connectivity index (χ3v) is 6.21. The average molecular weight is 457 g/mol. The minimum atomic E-state index is -0.678. The zero-order valence-electron chi connectivity index (χ0n) is 19.7. The van der Waals surface area contributed by atoms with Crippen molar-refractivity contribution >= 4 is 0 Å². The second-order valence-electron chi connectivity index (χ2n) is 8.73. The van der Waals surface area contributed by atoms with Crippen LogP contribution in [0.15, 0.2) is 91.0 Å². The van der Waals surface area contributed by atoms with Gasteiger partial charge in [0.25, 0.3) is 0 Å². The Balaban J connectivity index is 1.34. The molecule has 174 valence electrons. The molecule has 4 aromatic carbocycles. The van der Waals surface area contributed by atoms with Crippen LogP contribution in [0.1, 0.15) is 42.0 Å². The van der Waals surface area contributed by atoms with Gasteiger partial charge >= 0.3 is 0 Å². The van der Waals surface area contributed by atoms with Crippen LogP contribution in [0.3, 0.4) is 0 Å². The summed E-state index contributed by atoms with van der Waals surface area (Å²) >= 11 is 0. The molecule has 1 nitrogen and oxygen atoms in total. The van der Waals surface area contributed by atoms with E-state index < -0.39 is 11.6 Å². The summed E-state index contributed by atoms with van der Waals surface area (Å²) in [5.74, 6) is -1.18.